The van der Waals surface area contributed by atoms with Crippen LogP contribution in [0.3, 0.4) is 0 Å². The second-order valence-electron chi connectivity index (χ2n) is 10.2. The molecule has 1 spiro atoms. The quantitative estimate of drug-likeness (QED) is 0.599. The zero-order valence-corrected chi connectivity index (χ0v) is 20.8. The number of anilines is 1. The Bertz CT molecular complexity index is 1130. The van der Waals surface area contributed by atoms with Crippen LogP contribution >= 0.6 is 0 Å². The number of carbonyl (C=O) groups is 2. The van der Waals surface area contributed by atoms with Crippen molar-refractivity contribution in [1.29, 1.82) is 0 Å². The van der Waals surface area contributed by atoms with Gasteiger partial charge in [-0.1, -0.05) is 24.3 Å². The number of hydrogen-bond donors (Lipinski definition) is 1. The standard InChI is InChI=1S/C27H31F3N4O3/c1-32-18-34(15-12-19-2-10-23(11-3-19)37-27(28,29)30)24(35)26(32)13-16-33(17-14-26)25(36)31-22-8-6-21(7-9-22)20-4-5-20/h2-3,6-11,20H,4-5,12-18H2,1H3,(H,31,36). The van der Waals surface area contributed by atoms with Crippen molar-refractivity contribution >= 4 is 17.6 Å². The van der Waals surface area contributed by atoms with Gasteiger partial charge in [-0.15, -0.1) is 13.2 Å². The molecule has 2 aliphatic heterocycles. The molecule has 3 amide bonds. The molecule has 0 unspecified atom stereocenters. The van der Waals surface area contributed by atoms with Crippen LogP contribution in [0.15, 0.2) is 48.5 Å². The van der Waals surface area contributed by atoms with E-state index in [1.165, 1.54) is 30.5 Å². The van der Waals surface area contributed by atoms with E-state index in [1.807, 2.05) is 19.2 Å². The number of nitrogens with one attached hydrogen (secondary N) is 1. The zero-order chi connectivity index (χ0) is 26.2. The molecule has 0 radical (unpaired) electrons. The van der Waals surface area contributed by atoms with Crippen LogP contribution in [-0.2, 0) is 11.2 Å². The molecular weight excluding hydrogens is 485 g/mol. The van der Waals surface area contributed by atoms with E-state index in [0.29, 0.717) is 51.5 Å². The van der Waals surface area contributed by atoms with Gasteiger partial charge in [-0.25, -0.2) is 4.79 Å². The van der Waals surface area contributed by atoms with E-state index in [2.05, 4.69) is 27.1 Å². The van der Waals surface area contributed by atoms with Crippen LogP contribution in [0.2, 0.25) is 0 Å². The summed E-state index contributed by atoms with van der Waals surface area (Å²) in [5, 5.41) is 2.97. The average Bonchev–Trinajstić information content (AvgIpc) is 3.69. The third kappa shape index (κ3) is 5.69. The molecule has 0 atom stereocenters. The fourth-order valence-electron chi connectivity index (χ4n) is 5.34. The van der Waals surface area contributed by atoms with Gasteiger partial charge >= 0.3 is 12.4 Å². The van der Waals surface area contributed by atoms with E-state index >= 15 is 0 Å². The number of hydrogen-bond acceptors (Lipinski definition) is 4. The number of nitrogens with zero attached hydrogens (tertiary/aromatic N) is 3. The van der Waals surface area contributed by atoms with Gasteiger partial charge in [0.05, 0.1) is 6.67 Å². The highest BCUT2D eigenvalue weighted by molar-refractivity contribution is 5.91. The summed E-state index contributed by atoms with van der Waals surface area (Å²) in [4.78, 5) is 31.8. The molecule has 5 rings (SSSR count). The van der Waals surface area contributed by atoms with Crippen molar-refractivity contribution in [1.82, 2.24) is 14.7 Å². The van der Waals surface area contributed by atoms with Gasteiger partial charge in [0.15, 0.2) is 0 Å². The molecule has 1 N–H and O–H groups in total. The van der Waals surface area contributed by atoms with E-state index in [-0.39, 0.29) is 17.7 Å². The molecule has 198 valence electrons. The molecule has 2 saturated heterocycles. The van der Waals surface area contributed by atoms with Gasteiger partial charge in [-0.3, -0.25) is 9.69 Å². The van der Waals surface area contributed by atoms with Crippen molar-refractivity contribution in [2.75, 3.05) is 38.7 Å². The number of piperidine rings is 1. The number of benzene rings is 2. The molecule has 0 bridgehead atoms. The highest BCUT2D eigenvalue weighted by Crippen LogP contribution is 2.40. The summed E-state index contributed by atoms with van der Waals surface area (Å²) in [7, 11) is 1.93. The normalized spacial score (nSPS) is 19.9. The Balaban J connectivity index is 1.12. The van der Waals surface area contributed by atoms with Crippen molar-refractivity contribution in [3.05, 3.63) is 59.7 Å². The summed E-state index contributed by atoms with van der Waals surface area (Å²) in [6.07, 6.45) is -0.623. The van der Waals surface area contributed by atoms with E-state index in [9.17, 15) is 22.8 Å². The highest BCUT2D eigenvalue weighted by atomic mass is 19.4. The predicted molar refractivity (Wildman–Crippen MR) is 132 cm³/mol. The molecule has 3 fully saturated rings. The molecule has 0 aromatic heterocycles. The average molecular weight is 517 g/mol. The second-order valence-corrected chi connectivity index (χ2v) is 10.2. The second kappa shape index (κ2) is 9.89. The van der Waals surface area contributed by atoms with E-state index in [1.54, 1.807) is 21.9 Å². The third-order valence-corrected chi connectivity index (χ3v) is 7.71. The summed E-state index contributed by atoms with van der Waals surface area (Å²) in [5.74, 6) is 0.447. The Morgan fingerprint density at radius 3 is 2.30 bits per heavy atom. The molecular formula is C27H31F3N4O3. The van der Waals surface area contributed by atoms with Crippen LogP contribution in [-0.4, -0.2) is 71.9 Å². The minimum absolute atomic E-state index is 0.0442. The number of urea groups is 1. The Morgan fingerprint density at radius 2 is 1.70 bits per heavy atom. The largest absolute Gasteiger partial charge is 0.573 e. The molecule has 10 heteroatoms. The Morgan fingerprint density at radius 1 is 1.05 bits per heavy atom. The number of amides is 3. The Kier molecular flexibility index (Phi) is 6.78. The van der Waals surface area contributed by atoms with Crippen LogP contribution in [0.4, 0.5) is 23.7 Å². The number of carbonyl (C=O) groups excluding carboxylic acids is 2. The van der Waals surface area contributed by atoms with Crippen molar-refractivity contribution in [2.45, 2.75) is 49.9 Å². The van der Waals surface area contributed by atoms with Crippen LogP contribution in [0.1, 0.15) is 42.7 Å². The lowest BCUT2D eigenvalue weighted by atomic mass is 9.86. The van der Waals surface area contributed by atoms with E-state index in [4.69, 9.17) is 0 Å². The monoisotopic (exact) mass is 516 g/mol. The number of rotatable bonds is 6. The van der Waals surface area contributed by atoms with Crippen molar-refractivity contribution < 1.29 is 27.5 Å². The molecule has 7 nitrogen and oxygen atoms in total. The number of ether oxygens (including phenoxy) is 1. The lowest BCUT2D eigenvalue weighted by Gasteiger charge is -2.41. The van der Waals surface area contributed by atoms with E-state index in [0.717, 1.165) is 11.3 Å². The van der Waals surface area contributed by atoms with Gasteiger partial charge in [0, 0.05) is 25.3 Å². The first-order chi connectivity index (χ1) is 17.6. The number of halogens is 3. The summed E-state index contributed by atoms with van der Waals surface area (Å²) >= 11 is 0. The molecule has 1 saturated carbocycles. The lowest BCUT2D eigenvalue weighted by molar-refractivity contribution is -0.274. The maximum atomic E-state index is 13.4. The molecule has 2 aromatic carbocycles. The van der Waals surface area contributed by atoms with Crippen molar-refractivity contribution in [3.63, 3.8) is 0 Å². The minimum Gasteiger partial charge on any atom is -0.406 e. The molecule has 1 aliphatic carbocycles. The number of likely N-dealkylation sites (N-methyl/N-ethyl adjacent to an activating group) is 1. The van der Waals surface area contributed by atoms with Gasteiger partial charge in [-0.2, -0.15) is 0 Å². The first-order valence-electron chi connectivity index (χ1n) is 12.6. The van der Waals surface area contributed by atoms with Gasteiger partial charge in [0.2, 0.25) is 5.91 Å². The molecule has 2 aromatic rings. The number of likely N-dealkylation sites (tertiary alicyclic amines) is 1. The van der Waals surface area contributed by atoms with Crippen molar-refractivity contribution in [3.8, 4) is 5.75 Å². The molecule has 3 aliphatic rings. The fourth-order valence-corrected chi connectivity index (χ4v) is 5.34. The van der Waals surface area contributed by atoms with Gasteiger partial charge in [0.1, 0.15) is 11.3 Å². The summed E-state index contributed by atoms with van der Waals surface area (Å²) < 4.78 is 41.0. The first kappa shape index (κ1) is 25.4. The summed E-state index contributed by atoms with van der Waals surface area (Å²) in [6, 6.07) is 13.6. The van der Waals surface area contributed by atoms with Gasteiger partial charge in [0.25, 0.3) is 0 Å². The Labute approximate surface area is 214 Å². The minimum atomic E-state index is -4.72. The van der Waals surface area contributed by atoms with Crippen molar-refractivity contribution in [2.24, 2.45) is 0 Å². The number of alkyl halides is 3. The smallest absolute Gasteiger partial charge is 0.406 e. The van der Waals surface area contributed by atoms with Crippen LogP contribution in [0.5, 0.6) is 5.75 Å². The lowest BCUT2D eigenvalue weighted by Crippen LogP contribution is -2.56. The summed E-state index contributed by atoms with van der Waals surface area (Å²) in [5.41, 5.74) is 2.28. The van der Waals surface area contributed by atoms with E-state index < -0.39 is 11.9 Å². The Hall–Kier alpha value is -3.27. The zero-order valence-electron chi connectivity index (χ0n) is 20.8. The topological polar surface area (TPSA) is 65.1 Å². The van der Waals surface area contributed by atoms with Gasteiger partial charge < -0.3 is 19.9 Å². The molecule has 37 heavy (non-hydrogen) atoms. The first-order valence-corrected chi connectivity index (χ1v) is 12.6. The van der Waals surface area contributed by atoms with Gasteiger partial charge in [-0.05, 0) is 80.5 Å². The third-order valence-electron chi connectivity index (χ3n) is 7.71. The highest BCUT2D eigenvalue weighted by Gasteiger charge is 2.52. The molecule has 2 heterocycles. The maximum Gasteiger partial charge on any atom is 0.573 e. The summed E-state index contributed by atoms with van der Waals surface area (Å²) in [6.45, 7) is 1.91. The van der Waals surface area contributed by atoms with Crippen LogP contribution in [0.25, 0.3) is 0 Å². The van der Waals surface area contributed by atoms with Crippen LogP contribution in [0, 0.1) is 0 Å². The fraction of sp³-hybridized carbons (Fsp3) is 0.481. The maximum absolute atomic E-state index is 13.4. The van der Waals surface area contributed by atoms with Crippen LogP contribution < -0.4 is 10.1 Å². The predicted octanol–water partition coefficient (Wildman–Crippen LogP) is 4.80. The SMILES string of the molecule is CN1CN(CCc2ccc(OC(F)(F)F)cc2)C(=O)C12CCN(C(=O)Nc1ccc(C3CC3)cc1)CC2.